The van der Waals surface area contributed by atoms with Crippen molar-refractivity contribution in [2.75, 3.05) is 6.61 Å². The van der Waals surface area contributed by atoms with Crippen LogP contribution in [-0.2, 0) is 16.0 Å². The van der Waals surface area contributed by atoms with Gasteiger partial charge in [0.05, 0.1) is 6.04 Å². The first kappa shape index (κ1) is 15.5. The molecule has 0 aliphatic carbocycles. The molecule has 0 aliphatic rings. The van der Waals surface area contributed by atoms with Crippen LogP contribution in [0.3, 0.4) is 0 Å². The zero-order valence-electron chi connectivity index (χ0n) is 11.6. The number of benzene rings is 1. The fourth-order valence-corrected chi connectivity index (χ4v) is 1.61. The fourth-order valence-electron chi connectivity index (χ4n) is 1.61. The van der Waals surface area contributed by atoms with Gasteiger partial charge in [0, 0.05) is 0 Å². The number of ether oxygens (including phenoxy) is 1. The maximum atomic E-state index is 11.7. The lowest BCUT2D eigenvalue weighted by molar-refractivity contribution is -0.246. The average Bonchev–Trinajstić information content (AvgIpc) is 2.27. The van der Waals surface area contributed by atoms with E-state index in [-0.39, 0.29) is 12.6 Å². The molecule has 0 heterocycles. The standard InChI is InChI=1S/C14H21NO4/c1-14(2,3)19-13(16)15-12(10-18-17)9-11-7-5-4-6-8-11/h4-8,12,17H,9-10H2,1-3H3,(H,15,16). The van der Waals surface area contributed by atoms with Crippen molar-refractivity contribution in [2.45, 2.75) is 38.8 Å². The third-order valence-electron chi connectivity index (χ3n) is 2.32. The highest BCUT2D eigenvalue weighted by molar-refractivity contribution is 5.68. The molecule has 1 aromatic rings. The molecule has 2 N–H and O–H groups in total. The van der Waals surface area contributed by atoms with E-state index in [0.29, 0.717) is 6.42 Å². The van der Waals surface area contributed by atoms with Gasteiger partial charge in [-0.1, -0.05) is 30.3 Å². The van der Waals surface area contributed by atoms with Crippen LogP contribution in [0, 0.1) is 0 Å². The van der Waals surface area contributed by atoms with E-state index in [4.69, 9.17) is 9.99 Å². The van der Waals surface area contributed by atoms with Gasteiger partial charge in [0.1, 0.15) is 12.2 Å². The summed E-state index contributed by atoms with van der Waals surface area (Å²) in [5, 5.41) is 11.2. The molecule has 0 bridgehead atoms. The van der Waals surface area contributed by atoms with Crippen LogP contribution in [0.2, 0.25) is 0 Å². The Bertz CT molecular complexity index is 386. The minimum atomic E-state index is -0.554. The largest absolute Gasteiger partial charge is 0.444 e. The summed E-state index contributed by atoms with van der Waals surface area (Å²) in [7, 11) is 0. The van der Waals surface area contributed by atoms with Gasteiger partial charge in [-0.3, -0.25) is 5.26 Å². The van der Waals surface area contributed by atoms with Crippen LogP contribution in [0.1, 0.15) is 26.3 Å². The van der Waals surface area contributed by atoms with E-state index < -0.39 is 11.7 Å². The summed E-state index contributed by atoms with van der Waals surface area (Å²) in [6.45, 7) is 5.39. The predicted molar refractivity (Wildman–Crippen MR) is 71.9 cm³/mol. The molecule has 0 saturated heterocycles. The lowest BCUT2D eigenvalue weighted by Gasteiger charge is -2.23. The normalized spacial score (nSPS) is 12.8. The monoisotopic (exact) mass is 267 g/mol. The van der Waals surface area contributed by atoms with Crippen molar-refractivity contribution in [1.29, 1.82) is 0 Å². The first-order valence-electron chi connectivity index (χ1n) is 6.20. The van der Waals surface area contributed by atoms with Gasteiger partial charge in [-0.15, -0.1) is 0 Å². The van der Waals surface area contributed by atoms with Gasteiger partial charge in [-0.2, -0.15) is 0 Å². The molecule has 1 aromatic carbocycles. The van der Waals surface area contributed by atoms with E-state index in [0.717, 1.165) is 5.56 Å². The summed E-state index contributed by atoms with van der Waals surface area (Å²) in [4.78, 5) is 15.8. The number of amides is 1. The van der Waals surface area contributed by atoms with E-state index in [2.05, 4.69) is 10.2 Å². The summed E-state index contributed by atoms with van der Waals surface area (Å²) in [5.41, 5.74) is 0.488. The third kappa shape index (κ3) is 6.79. The quantitative estimate of drug-likeness (QED) is 0.635. The van der Waals surface area contributed by atoms with Crippen LogP contribution in [0.4, 0.5) is 4.79 Å². The Balaban J connectivity index is 2.55. The molecule has 5 heteroatoms. The van der Waals surface area contributed by atoms with E-state index in [1.165, 1.54) is 0 Å². The van der Waals surface area contributed by atoms with Crippen LogP contribution in [0.25, 0.3) is 0 Å². The van der Waals surface area contributed by atoms with Gasteiger partial charge >= 0.3 is 6.09 Å². The summed E-state index contributed by atoms with van der Waals surface area (Å²) >= 11 is 0. The van der Waals surface area contributed by atoms with Crippen molar-refractivity contribution in [1.82, 2.24) is 5.32 Å². The number of hydrogen-bond donors (Lipinski definition) is 2. The molecule has 0 aliphatic heterocycles. The maximum Gasteiger partial charge on any atom is 0.407 e. The number of nitrogens with one attached hydrogen (secondary N) is 1. The molecule has 1 amide bonds. The molecule has 19 heavy (non-hydrogen) atoms. The zero-order valence-corrected chi connectivity index (χ0v) is 11.6. The lowest BCUT2D eigenvalue weighted by Crippen LogP contribution is -2.42. The van der Waals surface area contributed by atoms with E-state index >= 15 is 0 Å². The van der Waals surface area contributed by atoms with Crippen LogP contribution in [0.15, 0.2) is 30.3 Å². The molecule has 0 fully saturated rings. The highest BCUT2D eigenvalue weighted by Gasteiger charge is 2.19. The molecular weight excluding hydrogens is 246 g/mol. The second-order valence-electron chi connectivity index (χ2n) is 5.33. The Kier molecular flexibility index (Phi) is 5.79. The second kappa shape index (κ2) is 7.11. The Labute approximate surface area is 113 Å². The molecule has 0 saturated carbocycles. The smallest absolute Gasteiger partial charge is 0.407 e. The van der Waals surface area contributed by atoms with Gasteiger partial charge in [-0.05, 0) is 32.8 Å². The highest BCUT2D eigenvalue weighted by Crippen LogP contribution is 2.08. The van der Waals surface area contributed by atoms with Crippen LogP contribution in [0.5, 0.6) is 0 Å². The minimum Gasteiger partial charge on any atom is -0.444 e. The topological polar surface area (TPSA) is 67.8 Å². The number of carbonyl (C=O) groups excluding carboxylic acids is 1. The zero-order chi connectivity index (χ0) is 14.3. The van der Waals surface area contributed by atoms with E-state index in [9.17, 15) is 4.79 Å². The van der Waals surface area contributed by atoms with Crippen molar-refractivity contribution < 1.29 is 19.7 Å². The summed E-state index contributed by atoms with van der Waals surface area (Å²) in [6.07, 6.45) is 0.0335. The Morgan fingerprint density at radius 2 is 1.95 bits per heavy atom. The van der Waals surface area contributed by atoms with Crippen molar-refractivity contribution in [3.8, 4) is 0 Å². The van der Waals surface area contributed by atoms with Crippen LogP contribution < -0.4 is 5.32 Å². The van der Waals surface area contributed by atoms with Gasteiger partial charge in [0.15, 0.2) is 0 Å². The average molecular weight is 267 g/mol. The lowest BCUT2D eigenvalue weighted by atomic mass is 10.1. The van der Waals surface area contributed by atoms with Crippen LogP contribution in [-0.4, -0.2) is 29.6 Å². The first-order chi connectivity index (χ1) is 8.90. The second-order valence-corrected chi connectivity index (χ2v) is 5.33. The van der Waals surface area contributed by atoms with E-state index in [1.54, 1.807) is 20.8 Å². The summed E-state index contributed by atoms with van der Waals surface area (Å²) in [5.74, 6) is 0. The molecule has 0 radical (unpaired) electrons. The maximum absolute atomic E-state index is 11.7. The molecule has 0 aromatic heterocycles. The molecule has 106 valence electrons. The molecular formula is C14H21NO4. The minimum absolute atomic E-state index is 0.00807. The number of rotatable bonds is 5. The van der Waals surface area contributed by atoms with Crippen molar-refractivity contribution >= 4 is 6.09 Å². The Morgan fingerprint density at radius 1 is 1.32 bits per heavy atom. The number of alkyl carbamates (subject to hydrolysis) is 1. The first-order valence-corrected chi connectivity index (χ1v) is 6.20. The summed E-state index contributed by atoms with van der Waals surface area (Å²) < 4.78 is 5.16. The van der Waals surface area contributed by atoms with Gasteiger partial charge in [-0.25, -0.2) is 9.68 Å². The third-order valence-corrected chi connectivity index (χ3v) is 2.32. The van der Waals surface area contributed by atoms with Crippen molar-refractivity contribution in [3.05, 3.63) is 35.9 Å². The molecule has 1 unspecified atom stereocenters. The predicted octanol–water partition coefficient (Wildman–Crippen LogP) is 2.61. The van der Waals surface area contributed by atoms with Gasteiger partial charge in [0.25, 0.3) is 0 Å². The Hall–Kier alpha value is -1.59. The number of hydrogen-bond acceptors (Lipinski definition) is 4. The number of carbonyl (C=O) groups is 1. The molecule has 5 nitrogen and oxygen atoms in total. The Morgan fingerprint density at radius 3 is 2.47 bits per heavy atom. The van der Waals surface area contributed by atoms with Crippen molar-refractivity contribution in [3.63, 3.8) is 0 Å². The van der Waals surface area contributed by atoms with Gasteiger partial charge < -0.3 is 10.1 Å². The molecule has 1 atom stereocenters. The van der Waals surface area contributed by atoms with E-state index in [1.807, 2.05) is 30.3 Å². The van der Waals surface area contributed by atoms with Gasteiger partial charge in [0.2, 0.25) is 0 Å². The SMILES string of the molecule is CC(C)(C)OC(=O)NC(COO)Cc1ccccc1. The van der Waals surface area contributed by atoms with Crippen molar-refractivity contribution in [2.24, 2.45) is 0 Å². The summed E-state index contributed by atoms with van der Waals surface area (Å²) in [6, 6.07) is 9.30. The van der Waals surface area contributed by atoms with Crippen LogP contribution >= 0.6 is 0 Å². The molecule has 1 rings (SSSR count). The fraction of sp³-hybridized carbons (Fsp3) is 0.500. The molecule has 0 spiro atoms. The highest BCUT2D eigenvalue weighted by atomic mass is 17.1.